The molecule has 1 aliphatic carbocycles. The van der Waals surface area contributed by atoms with Gasteiger partial charge < -0.3 is 24.5 Å². The summed E-state index contributed by atoms with van der Waals surface area (Å²) in [4.78, 5) is 54.9. The van der Waals surface area contributed by atoms with Crippen molar-refractivity contribution in [1.29, 1.82) is 0 Å². The van der Waals surface area contributed by atoms with Crippen molar-refractivity contribution >= 4 is 5.91 Å². The average Bonchev–Trinajstić information content (AvgIpc) is 3.15. The molecule has 0 spiro atoms. The molecule has 0 radical (unpaired) electrons. The molecule has 3 aliphatic rings. The lowest BCUT2D eigenvalue weighted by molar-refractivity contribution is -0.153. The van der Waals surface area contributed by atoms with Crippen LogP contribution in [0.4, 0.5) is 0 Å². The van der Waals surface area contributed by atoms with Crippen LogP contribution in [-0.2, 0) is 27.1 Å². The molecule has 2 aromatic rings. The van der Waals surface area contributed by atoms with Crippen molar-refractivity contribution in [2.24, 2.45) is 0 Å². The number of pyridine rings is 1. The van der Waals surface area contributed by atoms with Gasteiger partial charge in [-0.25, -0.2) is 4.79 Å². The molecule has 0 saturated carbocycles. The molecular formula is C24H30N4O7. The lowest BCUT2D eigenvalue weighted by atomic mass is 9.90. The SMILES string of the molecule is Cc1cn([C@@H]2CO[C@H](CNC(=O)c3c4c(c[nH]c3=O)CCCC4)[C@H]3OC(C)(C)O[C@H]32)c(=O)[nH]c1=O. The maximum Gasteiger partial charge on any atom is 0.328 e. The Kier molecular flexibility index (Phi) is 6.02. The molecule has 2 aliphatic heterocycles. The number of carbonyl (C=O) groups excluding carboxylic acids is 1. The number of rotatable bonds is 4. The summed E-state index contributed by atoms with van der Waals surface area (Å²) in [6, 6.07) is -0.527. The number of aromatic amines is 2. The van der Waals surface area contributed by atoms with Crippen molar-refractivity contribution in [2.75, 3.05) is 13.2 Å². The summed E-state index contributed by atoms with van der Waals surface area (Å²) in [5.74, 6) is -1.38. The van der Waals surface area contributed by atoms with Gasteiger partial charge in [0, 0.05) is 24.5 Å². The van der Waals surface area contributed by atoms with Crippen molar-refractivity contribution in [3.63, 3.8) is 0 Å². The van der Waals surface area contributed by atoms with Crippen molar-refractivity contribution in [2.45, 2.75) is 76.6 Å². The van der Waals surface area contributed by atoms with Gasteiger partial charge in [0.05, 0.1) is 12.6 Å². The predicted molar refractivity (Wildman–Crippen MR) is 125 cm³/mol. The molecule has 2 fully saturated rings. The minimum absolute atomic E-state index is 0.106. The average molecular weight is 487 g/mol. The minimum Gasteiger partial charge on any atom is -0.371 e. The maximum atomic E-state index is 13.1. The number of aromatic nitrogens is 3. The molecule has 0 aromatic carbocycles. The molecule has 1 amide bonds. The van der Waals surface area contributed by atoms with Crippen LogP contribution in [0.2, 0.25) is 0 Å². The molecule has 3 N–H and O–H groups in total. The van der Waals surface area contributed by atoms with Crippen molar-refractivity contribution in [3.8, 4) is 0 Å². The third-order valence-electron chi connectivity index (χ3n) is 7.00. The van der Waals surface area contributed by atoms with E-state index in [2.05, 4.69) is 15.3 Å². The highest BCUT2D eigenvalue weighted by Crippen LogP contribution is 2.39. The Morgan fingerprint density at radius 3 is 2.69 bits per heavy atom. The second kappa shape index (κ2) is 8.89. The lowest BCUT2D eigenvalue weighted by Crippen LogP contribution is -2.54. The van der Waals surface area contributed by atoms with Crippen LogP contribution in [0.1, 0.15) is 59.8 Å². The summed E-state index contributed by atoms with van der Waals surface area (Å²) >= 11 is 0. The van der Waals surface area contributed by atoms with Gasteiger partial charge in [-0.05, 0) is 57.6 Å². The van der Waals surface area contributed by atoms with Gasteiger partial charge >= 0.3 is 5.69 Å². The summed E-state index contributed by atoms with van der Waals surface area (Å²) in [5.41, 5.74) is 0.975. The second-order valence-electron chi connectivity index (χ2n) is 9.90. The fourth-order valence-electron chi connectivity index (χ4n) is 5.32. The van der Waals surface area contributed by atoms with Gasteiger partial charge in [0.2, 0.25) is 0 Å². The standard InChI is InChI=1S/C24H30N4O7/c1-12-10-28(23(32)27-20(12)29)15-11-33-16(19-18(15)34-24(2,3)35-19)9-26-22(31)17-14-7-5-4-6-13(14)8-25-21(17)30/h8,10,15-16,18-19H,4-7,9,11H2,1-3H3,(H,25,30)(H,26,31)(H,27,29,32)/t15-,16-,18+,19-/m1/s1. The molecule has 0 unspecified atom stereocenters. The Balaban J connectivity index is 1.36. The van der Waals surface area contributed by atoms with Crippen molar-refractivity contribution < 1.29 is 19.0 Å². The molecule has 5 rings (SSSR count). The van der Waals surface area contributed by atoms with Crippen LogP contribution in [0.3, 0.4) is 0 Å². The first-order valence-corrected chi connectivity index (χ1v) is 12.0. The van der Waals surface area contributed by atoms with Crippen LogP contribution in [0.5, 0.6) is 0 Å². The Bertz CT molecular complexity index is 1320. The number of aryl methyl sites for hydroxylation is 2. The van der Waals surface area contributed by atoms with E-state index in [-0.39, 0.29) is 18.7 Å². The van der Waals surface area contributed by atoms with Crippen LogP contribution >= 0.6 is 0 Å². The number of amides is 1. The number of fused-ring (bicyclic) bond motifs is 2. The summed E-state index contributed by atoms with van der Waals surface area (Å²) in [7, 11) is 0. The topological polar surface area (TPSA) is 145 Å². The van der Waals surface area contributed by atoms with Crippen LogP contribution in [0.15, 0.2) is 26.8 Å². The smallest absolute Gasteiger partial charge is 0.328 e. The van der Waals surface area contributed by atoms with Crippen LogP contribution in [0.25, 0.3) is 0 Å². The van der Waals surface area contributed by atoms with Crippen molar-refractivity contribution in [1.82, 2.24) is 19.9 Å². The molecule has 0 bridgehead atoms. The molecule has 4 atom stereocenters. The zero-order chi connectivity index (χ0) is 24.9. The Labute approximate surface area is 200 Å². The van der Waals surface area contributed by atoms with Gasteiger partial charge in [0.25, 0.3) is 17.0 Å². The van der Waals surface area contributed by atoms with E-state index in [1.807, 2.05) is 0 Å². The normalized spacial score (nSPS) is 27.2. The van der Waals surface area contributed by atoms with Crippen molar-refractivity contribution in [3.05, 3.63) is 65.8 Å². The largest absolute Gasteiger partial charge is 0.371 e. The van der Waals surface area contributed by atoms with Crippen LogP contribution in [0, 0.1) is 6.92 Å². The van der Waals surface area contributed by atoms with E-state index in [9.17, 15) is 19.2 Å². The zero-order valence-corrected chi connectivity index (χ0v) is 20.0. The molecule has 2 aromatic heterocycles. The van der Waals surface area contributed by atoms with E-state index in [4.69, 9.17) is 14.2 Å². The van der Waals surface area contributed by atoms with Gasteiger partial charge in [0.15, 0.2) is 5.79 Å². The minimum atomic E-state index is -0.931. The van der Waals surface area contributed by atoms with Crippen LogP contribution in [-0.4, -0.2) is 57.7 Å². The summed E-state index contributed by atoms with van der Waals surface area (Å²) in [5, 5.41) is 2.85. The van der Waals surface area contributed by atoms with Gasteiger partial charge in [-0.3, -0.25) is 23.9 Å². The van der Waals surface area contributed by atoms with Gasteiger partial charge in [0.1, 0.15) is 23.9 Å². The van der Waals surface area contributed by atoms with Gasteiger partial charge in [-0.2, -0.15) is 0 Å². The van der Waals surface area contributed by atoms with E-state index in [0.717, 1.165) is 30.4 Å². The fraction of sp³-hybridized carbons (Fsp3) is 0.583. The summed E-state index contributed by atoms with van der Waals surface area (Å²) in [6.45, 7) is 5.39. The maximum absolute atomic E-state index is 13.1. The van der Waals surface area contributed by atoms with Gasteiger partial charge in [-0.1, -0.05) is 0 Å². The highest BCUT2D eigenvalue weighted by molar-refractivity contribution is 5.95. The highest BCUT2D eigenvalue weighted by atomic mass is 16.8. The number of nitrogens with zero attached hydrogens (tertiary/aromatic N) is 1. The number of carbonyl (C=O) groups is 1. The zero-order valence-electron chi connectivity index (χ0n) is 20.0. The van der Waals surface area contributed by atoms with E-state index >= 15 is 0 Å². The third-order valence-corrected chi connectivity index (χ3v) is 7.00. The molecule has 188 valence electrons. The van der Waals surface area contributed by atoms with Crippen LogP contribution < -0.4 is 22.1 Å². The van der Waals surface area contributed by atoms with E-state index in [1.54, 1.807) is 27.0 Å². The van der Waals surface area contributed by atoms with E-state index in [0.29, 0.717) is 12.0 Å². The number of hydrogen-bond donors (Lipinski definition) is 3. The quantitative estimate of drug-likeness (QED) is 0.564. The monoisotopic (exact) mass is 486 g/mol. The summed E-state index contributed by atoms with van der Waals surface area (Å²) in [6.07, 6.45) is 5.04. The number of ether oxygens (including phenoxy) is 3. The summed E-state index contributed by atoms with van der Waals surface area (Å²) < 4.78 is 19.7. The van der Waals surface area contributed by atoms with E-state index < -0.39 is 52.9 Å². The van der Waals surface area contributed by atoms with Gasteiger partial charge in [-0.15, -0.1) is 0 Å². The molecule has 11 heteroatoms. The molecular weight excluding hydrogens is 456 g/mol. The second-order valence-corrected chi connectivity index (χ2v) is 9.90. The number of H-pyrrole nitrogens is 2. The first kappa shape index (κ1) is 23.7. The number of hydrogen-bond acceptors (Lipinski definition) is 7. The molecule has 2 saturated heterocycles. The highest BCUT2D eigenvalue weighted by Gasteiger charge is 2.52. The fourth-order valence-corrected chi connectivity index (χ4v) is 5.32. The first-order chi connectivity index (χ1) is 16.6. The first-order valence-electron chi connectivity index (χ1n) is 12.0. The Morgan fingerprint density at radius 2 is 1.89 bits per heavy atom. The Morgan fingerprint density at radius 1 is 1.14 bits per heavy atom. The third kappa shape index (κ3) is 4.39. The lowest BCUT2D eigenvalue weighted by Gasteiger charge is -2.37. The molecule has 35 heavy (non-hydrogen) atoms. The predicted octanol–water partition coefficient (Wildman–Crippen LogP) is 0.302. The Hall–Kier alpha value is -3.02. The van der Waals surface area contributed by atoms with E-state index in [1.165, 1.54) is 10.8 Å². The molecule has 4 heterocycles. The molecule has 11 nitrogen and oxygen atoms in total. The number of nitrogens with one attached hydrogen (secondary N) is 3.